The van der Waals surface area contributed by atoms with Crippen LogP contribution in [0, 0.1) is 0 Å². The summed E-state index contributed by atoms with van der Waals surface area (Å²) in [5.41, 5.74) is 0.315. The third kappa shape index (κ3) is 3.35. The highest BCUT2D eigenvalue weighted by atomic mass is 32.2. The minimum absolute atomic E-state index is 0.0450. The molecule has 2 heterocycles. The summed E-state index contributed by atoms with van der Waals surface area (Å²) in [7, 11) is -3.64. The van der Waals surface area contributed by atoms with Gasteiger partial charge in [-0.25, -0.2) is 13.1 Å². The number of aryl methyl sites for hydroxylation is 1. The number of amides is 1. The van der Waals surface area contributed by atoms with Gasteiger partial charge in [-0.05, 0) is 56.9 Å². The van der Waals surface area contributed by atoms with Crippen LogP contribution < -0.4 is 14.8 Å². The first kappa shape index (κ1) is 16.3. The van der Waals surface area contributed by atoms with E-state index in [-0.39, 0.29) is 16.8 Å². The van der Waals surface area contributed by atoms with Gasteiger partial charge >= 0.3 is 0 Å². The van der Waals surface area contributed by atoms with Crippen molar-refractivity contribution < 1.29 is 17.9 Å². The van der Waals surface area contributed by atoms with Gasteiger partial charge in [-0.15, -0.1) is 0 Å². The summed E-state index contributed by atoms with van der Waals surface area (Å²) in [6.07, 6.45) is 2.54. The molecule has 1 atom stereocenters. The average molecular weight is 338 g/mol. The molecule has 2 aliphatic rings. The van der Waals surface area contributed by atoms with E-state index in [4.69, 9.17) is 4.74 Å². The zero-order chi connectivity index (χ0) is 16.7. The van der Waals surface area contributed by atoms with Crippen molar-refractivity contribution in [3.8, 4) is 5.75 Å². The third-order valence-electron chi connectivity index (χ3n) is 4.48. The van der Waals surface area contributed by atoms with E-state index in [9.17, 15) is 13.2 Å². The van der Waals surface area contributed by atoms with E-state index in [0.717, 1.165) is 24.2 Å². The number of piperidine rings is 1. The van der Waals surface area contributed by atoms with Gasteiger partial charge in [0.15, 0.2) is 0 Å². The predicted molar refractivity (Wildman–Crippen MR) is 85.8 cm³/mol. The molecule has 23 heavy (non-hydrogen) atoms. The summed E-state index contributed by atoms with van der Waals surface area (Å²) in [5.74, 6) is 0.719. The Morgan fingerprint density at radius 3 is 2.83 bits per heavy atom. The lowest BCUT2D eigenvalue weighted by atomic mass is 9.88. The van der Waals surface area contributed by atoms with Gasteiger partial charge in [0.1, 0.15) is 5.75 Å². The van der Waals surface area contributed by atoms with E-state index in [0.29, 0.717) is 19.4 Å². The van der Waals surface area contributed by atoms with Gasteiger partial charge in [0.05, 0.1) is 17.0 Å². The van der Waals surface area contributed by atoms with Gasteiger partial charge in [-0.2, -0.15) is 0 Å². The van der Waals surface area contributed by atoms with Crippen molar-refractivity contribution in [3.05, 3.63) is 23.8 Å². The van der Waals surface area contributed by atoms with Gasteiger partial charge in [0.2, 0.25) is 15.9 Å². The normalized spacial score (nSPS) is 23.6. The molecule has 1 saturated heterocycles. The van der Waals surface area contributed by atoms with Gasteiger partial charge in [-0.3, -0.25) is 4.79 Å². The molecule has 0 aliphatic carbocycles. The van der Waals surface area contributed by atoms with Crippen LogP contribution in [0.5, 0.6) is 5.75 Å². The van der Waals surface area contributed by atoms with Crippen molar-refractivity contribution >= 4 is 15.9 Å². The van der Waals surface area contributed by atoms with E-state index in [1.54, 1.807) is 18.2 Å². The molecule has 0 aromatic heterocycles. The molecule has 1 fully saturated rings. The molecule has 1 unspecified atom stereocenters. The SMILES string of the molecule is CC1(C)NC(=O)CCC1NS(=O)(=O)c1ccc2c(c1)CCCO2. The van der Waals surface area contributed by atoms with Crippen LogP contribution >= 0.6 is 0 Å². The summed E-state index contributed by atoms with van der Waals surface area (Å²) in [6, 6.07) is 4.64. The smallest absolute Gasteiger partial charge is 0.240 e. The molecule has 0 radical (unpaired) electrons. The standard InChI is InChI=1S/C16H22N2O4S/c1-16(2)14(7-8-15(19)17-16)18-23(20,21)12-5-6-13-11(10-12)4-3-9-22-13/h5-6,10,14,18H,3-4,7-9H2,1-2H3,(H,17,19). The van der Waals surface area contributed by atoms with Crippen LogP contribution in [0.1, 0.15) is 38.7 Å². The van der Waals surface area contributed by atoms with Crippen molar-refractivity contribution in [3.63, 3.8) is 0 Å². The van der Waals surface area contributed by atoms with Crippen LogP contribution in [-0.4, -0.2) is 32.5 Å². The Labute approximate surface area is 136 Å². The Morgan fingerprint density at radius 1 is 1.30 bits per heavy atom. The Morgan fingerprint density at radius 2 is 2.09 bits per heavy atom. The van der Waals surface area contributed by atoms with Crippen molar-refractivity contribution in [1.82, 2.24) is 10.0 Å². The molecule has 126 valence electrons. The van der Waals surface area contributed by atoms with Crippen LogP contribution in [0.15, 0.2) is 23.1 Å². The first-order valence-corrected chi connectivity index (χ1v) is 9.35. The average Bonchev–Trinajstić information content (AvgIpc) is 2.49. The minimum atomic E-state index is -3.64. The number of benzene rings is 1. The molecule has 0 bridgehead atoms. The number of nitrogens with one attached hydrogen (secondary N) is 2. The zero-order valence-corrected chi connectivity index (χ0v) is 14.2. The maximum absolute atomic E-state index is 12.7. The number of carbonyl (C=O) groups excluding carboxylic acids is 1. The molecular weight excluding hydrogens is 316 g/mol. The molecule has 2 N–H and O–H groups in total. The van der Waals surface area contributed by atoms with Crippen LogP contribution in [0.2, 0.25) is 0 Å². The Bertz CT molecular complexity index is 728. The maximum atomic E-state index is 12.7. The Hall–Kier alpha value is -1.60. The summed E-state index contributed by atoms with van der Waals surface area (Å²) in [6.45, 7) is 4.34. The first-order valence-electron chi connectivity index (χ1n) is 7.87. The summed E-state index contributed by atoms with van der Waals surface area (Å²) >= 11 is 0. The summed E-state index contributed by atoms with van der Waals surface area (Å²) < 4.78 is 33.7. The fraction of sp³-hybridized carbons (Fsp3) is 0.562. The number of fused-ring (bicyclic) bond motifs is 1. The minimum Gasteiger partial charge on any atom is -0.493 e. The highest BCUT2D eigenvalue weighted by molar-refractivity contribution is 7.89. The summed E-state index contributed by atoms with van der Waals surface area (Å²) in [4.78, 5) is 11.8. The monoisotopic (exact) mass is 338 g/mol. The zero-order valence-electron chi connectivity index (χ0n) is 13.4. The van der Waals surface area contributed by atoms with E-state index >= 15 is 0 Å². The van der Waals surface area contributed by atoms with E-state index < -0.39 is 15.6 Å². The highest BCUT2D eigenvalue weighted by Gasteiger charge is 2.38. The first-order chi connectivity index (χ1) is 10.8. The van der Waals surface area contributed by atoms with Crippen LogP contribution in [0.4, 0.5) is 0 Å². The molecule has 0 spiro atoms. The highest BCUT2D eigenvalue weighted by Crippen LogP contribution is 2.28. The number of hydrogen-bond acceptors (Lipinski definition) is 4. The second kappa shape index (κ2) is 5.79. The molecule has 1 aromatic rings. The van der Waals surface area contributed by atoms with Gasteiger partial charge in [0.25, 0.3) is 0 Å². The Balaban J connectivity index is 1.83. The Kier molecular flexibility index (Phi) is 4.10. The number of rotatable bonds is 3. The molecule has 7 heteroatoms. The van der Waals surface area contributed by atoms with Crippen LogP contribution in [0.3, 0.4) is 0 Å². The van der Waals surface area contributed by atoms with Crippen molar-refractivity contribution in [2.24, 2.45) is 0 Å². The van der Waals surface area contributed by atoms with Crippen molar-refractivity contribution in [1.29, 1.82) is 0 Å². The third-order valence-corrected chi connectivity index (χ3v) is 5.95. The lowest BCUT2D eigenvalue weighted by Gasteiger charge is -2.39. The van der Waals surface area contributed by atoms with Crippen molar-refractivity contribution in [2.75, 3.05) is 6.61 Å². The number of carbonyl (C=O) groups is 1. The summed E-state index contributed by atoms with van der Waals surface area (Å²) in [5, 5.41) is 2.84. The lowest BCUT2D eigenvalue weighted by molar-refractivity contribution is -0.125. The number of sulfonamides is 1. The number of hydrogen-bond donors (Lipinski definition) is 2. The maximum Gasteiger partial charge on any atom is 0.240 e. The molecular formula is C16H22N2O4S. The molecule has 1 aromatic carbocycles. The second-order valence-corrected chi connectivity index (χ2v) is 8.42. The van der Waals surface area contributed by atoms with Gasteiger partial charge in [-0.1, -0.05) is 0 Å². The molecule has 0 saturated carbocycles. The molecule has 6 nitrogen and oxygen atoms in total. The van der Waals surface area contributed by atoms with E-state index in [1.807, 2.05) is 13.8 Å². The molecule has 2 aliphatic heterocycles. The fourth-order valence-electron chi connectivity index (χ4n) is 3.11. The largest absolute Gasteiger partial charge is 0.493 e. The van der Waals surface area contributed by atoms with E-state index in [2.05, 4.69) is 10.0 Å². The van der Waals surface area contributed by atoms with E-state index in [1.165, 1.54) is 0 Å². The molecule has 3 rings (SSSR count). The lowest BCUT2D eigenvalue weighted by Crippen LogP contribution is -2.61. The molecule has 1 amide bonds. The van der Waals surface area contributed by atoms with Crippen LogP contribution in [-0.2, 0) is 21.2 Å². The second-order valence-electron chi connectivity index (χ2n) is 6.70. The van der Waals surface area contributed by atoms with Crippen LogP contribution in [0.25, 0.3) is 0 Å². The van der Waals surface area contributed by atoms with Gasteiger partial charge in [0, 0.05) is 12.5 Å². The van der Waals surface area contributed by atoms with Gasteiger partial charge < -0.3 is 10.1 Å². The quantitative estimate of drug-likeness (QED) is 0.871. The van der Waals surface area contributed by atoms with Crippen molar-refractivity contribution in [2.45, 2.75) is 56.0 Å². The topological polar surface area (TPSA) is 84.5 Å². The number of ether oxygens (including phenoxy) is 1. The fourth-order valence-corrected chi connectivity index (χ4v) is 4.58. The predicted octanol–water partition coefficient (Wildman–Crippen LogP) is 1.35.